The Morgan fingerprint density at radius 3 is 1.94 bits per heavy atom. The first-order valence-corrected chi connectivity index (χ1v) is 9.71. The minimum atomic E-state index is 0. The van der Waals surface area contributed by atoms with E-state index in [9.17, 15) is 5.11 Å². The van der Waals surface area contributed by atoms with Crippen LogP contribution in [0, 0.1) is 0 Å². The van der Waals surface area contributed by atoms with Gasteiger partial charge >= 0.3 is 0 Å². The second-order valence-corrected chi connectivity index (χ2v) is 6.53. The molecule has 0 atom stereocenters. The normalized spacial score (nSPS) is 9.45. The largest absolute Gasteiger partial charge is 0.506 e. The van der Waals surface area contributed by atoms with Crippen LogP contribution in [0.3, 0.4) is 0 Å². The molecule has 1 aromatic carbocycles. The van der Waals surface area contributed by atoms with Gasteiger partial charge in [0.2, 0.25) is 0 Å². The van der Waals surface area contributed by atoms with Crippen LogP contribution in [0.2, 0.25) is 0 Å². The molecule has 0 saturated heterocycles. The Labute approximate surface area is 217 Å². The lowest BCUT2D eigenvalue weighted by Gasteiger charge is -2.08. The van der Waals surface area contributed by atoms with Gasteiger partial charge in [-0.15, -0.1) is 62.0 Å². The number of phenols is 1. The van der Waals surface area contributed by atoms with E-state index in [4.69, 9.17) is 5.73 Å². The van der Waals surface area contributed by atoms with Crippen LogP contribution in [-0.2, 0) is 6.54 Å². The second kappa shape index (κ2) is 24.4. The third kappa shape index (κ3) is 16.1. The monoisotopic (exact) mass is 539 g/mol. The van der Waals surface area contributed by atoms with Crippen molar-refractivity contribution in [1.82, 2.24) is 20.9 Å². The summed E-state index contributed by atoms with van der Waals surface area (Å²) in [6.07, 6.45) is 4.55. The van der Waals surface area contributed by atoms with Gasteiger partial charge in [0.25, 0.3) is 0 Å². The van der Waals surface area contributed by atoms with Gasteiger partial charge in [0.1, 0.15) is 11.3 Å². The number of aromatic hydroxyl groups is 1. The molecule has 0 radical (unpaired) electrons. The average Bonchev–Trinajstić information content (AvgIpc) is 2.66. The van der Waals surface area contributed by atoms with Crippen molar-refractivity contribution in [3.05, 3.63) is 36.0 Å². The van der Waals surface area contributed by atoms with Crippen LogP contribution < -0.4 is 21.7 Å². The highest BCUT2D eigenvalue weighted by Gasteiger charge is 2.02. The molecule has 11 heteroatoms. The maximum atomic E-state index is 9.88. The number of fused-ring (bicyclic) bond motifs is 1. The van der Waals surface area contributed by atoms with Crippen LogP contribution in [-0.4, -0.2) is 49.4 Å². The molecule has 1 aromatic heterocycles. The molecule has 1 heterocycles. The number of halogens is 5. The lowest BCUT2D eigenvalue weighted by molar-refractivity contribution is 0.480. The zero-order chi connectivity index (χ0) is 18.5. The number of rotatable bonds is 14. The van der Waals surface area contributed by atoms with Gasteiger partial charge in [-0.3, -0.25) is 0 Å². The summed E-state index contributed by atoms with van der Waals surface area (Å²) >= 11 is 0. The van der Waals surface area contributed by atoms with E-state index >= 15 is 0 Å². The van der Waals surface area contributed by atoms with E-state index in [0.29, 0.717) is 5.52 Å². The highest BCUT2D eigenvalue weighted by Crippen LogP contribution is 2.22. The number of unbranched alkanes of at least 4 members (excludes halogenated alkanes) is 1. The van der Waals surface area contributed by atoms with Gasteiger partial charge < -0.3 is 26.8 Å². The SMILES string of the molecule is Cl.Cl.Cl.Cl.Cl.NCCCNCCCCNCCCNCc1ccc2cccc(O)c2n1. The molecule has 2 rings (SSSR count). The third-order valence-corrected chi connectivity index (χ3v) is 4.28. The topological polar surface area (TPSA) is 95.2 Å². The molecule has 6 N–H and O–H groups in total. The minimum Gasteiger partial charge on any atom is -0.506 e. The number of para-hydroxylation sites is 1. The number of phenolic OH excluding ortho intramolecular Hbond substituents is 1. The molecule has 0 spiro atoms. The van der Waals surface area contributed by atoms with E-state index < -0.39 is 0 Å². The van der Waals surface area contributed by atoms with Crippen molar-refractivity contribution in [3.63, 3.8) is 0 Å². The van der Waals surface area contributed by atoms with Gasteiger partial charge in [0.05, 0.1) is 5.69 Å². The first-order chi connectivity index (χ1) is 12.8. The number of hydrogen-bond acceptors (Lipinski definition) is 6. The zero-order valence-electron chi connectivity index (χ0n) is 17.7. The van der Waals surface area contributed by atoms with Gasteiger partial charge in [-0.2, -0.15) is 0 Å². The zero-order valence-corrected chi connectivity index (χ0v) is 21.8. The number of nitrogens with zero attached hydrogens (tertiary/aromatic N) is 1. The molecule has 184 valence electrons. The molecular weight excluding hydrogens is 504 g/mol. The van der Waals surface area contributed by atoms with Crippen molar-refractivity contribution in [3.8, 4) is 5.75 Å². The van der Waals surface area contributed by atoms with Crippen LogP contribution in [0.15, 0.2) is 30.3 Å². The van der Waals surface area contributed by atoms with Gasteiger partial charge in [-0.05, 0) is 77.1 Å². The Morgan fingerprint density at radius 2 is 1.29 bits per heavy atom. The van der Waals surface area contributed by atoms with E-state index in [0.717, 1.165) is 69.7 Å². The number of pyridine rings is 1. The number of aromatic nitrogens is 1. The standard InChI is InChI=1S/C20H33N5O.5ClH/c21-10-4-13-22-11-1-2-12-23-14-5-15-24-16-18-9-8-17-6-3-7-19(26)20(17)25-18;;;;;/h3,6-9,22-24,26H,1-2,4-5,10-16,21H2;5*1H. The number of nitrogens with two attached hydrogens (primary N) is 1. The maximum Gasteiger partial charge on any atom is 0.141 e. The van der Waals surface area contributed by atoms with E-state index in [2.05, 4.69) is 20.9 Å². The summed E-state index contributed by atoms with van der Waals surface area (Å²) in [6.45, 7) is 6.65. The predicted molar refractivity (Wildman–Crippen MR) is 145 cm³/mol. The van der Waals surface area contributed by atoms with Crippen molar-refractivity contribution < 1.29 is 5.11 Å². The van der Waals surface area contributed by atoms with Crippen molar-refractivity contribution in [1.29, 1.82) is 0 Å². The fourth-order valence-corrected chi connectivity index (χ4v) is 2.80. The summed E-state index contributed by atoms with van der Waals surface area (Å²) in [7, 11) is 0. The molecule has 0 unspecified atom stereocenters. The van der Waals surface area contributed by atoms with Crippen LogP contribution in [0.1, 0.15) is 31.4 Å². The van der Waals surface area contributed by atoms with Crippen molar-refractivity contribution >= 4 is 72.9 Å². The Bertz CT molecular complexity index is 654. The Balaban J connectivity index is -0.000000729. The molecule has 0 aliphatic rings. The van der Waals surface area contributed by atoms with Crippen LogP contribution in [0.5, 0.6) is 5.75 Å². The average molecular weight is 542 g/mol. The second-order valence-electron chi connectivity index (χ2n) is 6.53. The van der Waals surface area contributed by atoms with E-state index in [1.54, 1.807) is 6.07 Å². The minimum absolute atomic E-state index is 0. The lowest BCUT2D eigenvalue weighted by Crippen LogP contribution is -2.24. The summed E-state index contributed by atoms with van der Waals surface area (Å²) in [4.78, 5) is 4.53. The summed E-state index contributed by atoms with van der Waals surface area (Å²) in [5.41, 5.74) is 7.08. The maximum absolute atomic E-state index is 9.88. The molecule has 0 saturated carbocycles. The van der Waals surface area contributed by atoms with Crippen LogP contribution in [0.4, 0.5) is 0 Å². The first-order valence-electron chi connectivity index (χ1n) is 9.71. The fraction of sp³-hybridized carbons (Fsp3) is 0.550. The fourth-order valence-electron chi connectivity index (χ4n) is 2.80. The van der Waals surface area contributed by atoms with Gasteiger partial charge in [-0.1, -0.05) is 18.2 Å². The highest BCUT2D eigenvalue weighted by atomic mass is 35.5. The number of hydrogen-bond donors (Lipinski definition) is 5. The molecule has 6 nitrogen and oxygen atoms in total. The number of nitrogens with one attached hydrogen (secondary N) is 3. The summed E-state index contributed by atoms with van der Waals surface area (Å²) in [5.74, 6) is 0.239. The van der Waals surface area contributed by atoms with Crippen molar-refractivity contribution in [2.24, 2.45) is 5.73 Å². The highest BCUT2D eigenvalue weighted by molar-refractivity contribution is 5.86. The Hall–Kier alpha value is -0.280. The molecular formula is C20H38Cl5N5O. The molecule has 2 aromatic rings. The lowest BCUT2D eigenvalue weighted by atomic mass is 10.2. The predicted octanol–water partition coefficient (Wildman–Crippen LogP) is 3.84. The Morgan fingerprint density at radius 1 is 0.710 bits per heavy atom. The molecule has 31 heavy (non-hydrogen) atoms. The molecule has 0 aliphatic heterocycles. The van der Waals surface area contributed by atoms with Gasteiger partial charge in [-0.25, -0.2) is 4.98 Å². The molecule has 0 fully saturated rings. The molecule has 0 amide bonds. The number of benzene rings is 1. The summed E-state index contributed by atoms with van der Waals surface area (Å²) in [5, 5.41) is 21.1. The first kappa shape index (κ1) is 38.0. The van der Waals surface area contributed by atoms with Crippen molar-refractivity contribution in [2.75, 3.05) is 39.3 Å². The smallest absolute Gasteiger partial charge is 0.141 e. The van der Waals surface area contributed by atoms with E-state index in [1.165, 1.54) is 12.8 Å². The third-order valence-electron chi connectivity index (χ3n) is 4.28. The molecule has 0 bridgehead atoms. The quantitative estimate of drug-likeness (QED) is 0.233. The van der Waals surface area contributed by atoms with Crippen molar-refractivity contribution in [2.45, 2.75) is 32.2 Å². The summed E-state index contributed by atoms with van der Waals surface area (Å²) in [6, 6.07) is 9.48. The Kier molecular flexibility index (Phi) is 29.9. The van der Waals surface area contributed by atoms with E-state index in [1.807, 2.05) is 24.3 Å². The van der Waals surface area contributed by atoms with Gasteiger partial charge in [0, 0.05) is 11.9 Å². The van der Waals surface area contributed by atoms with Crippen LogP contribution >= 0.6 is 62.0 Å². The van der Waals surface area contributed by atoms with Gasteiger partial charge in [0.15, 0.2) is 0 Å². The molecule has 0 aliphatic carbocycles. The van der Waals surface area contributed by atoms with E-state index in [-0.39, 0.29) is 67.8 Å². The summed E-state index contributed by atoms with van der Waals surface area (Å²) < 4.78 is 0. The van der Waals surface area contributed by atoms with Crippen LogP contribution in [0.25, 0.3) is 10.9 Å².